The van der Waals surface area contributed by atoms with Crippen molar-refractivity contribution >= 4 is 5.97 Å². The molecule has 5 heteroatoms. The van der Waals surface area contributed by atoms with Gasteiger partial charge in [0.15, 0.2) is 11.6 Å². The van der Waals surface area contributed by atoms with Gasteiger partial charge in [0.2, 0.25) is 0 Å². The second-order valence-corrected chi connectivity index (χ2v) is 4.27. The molecule has 2 N–H and O–H groups in total. The molecule has 0 aromatic heterocycles. The molecule has 0 amide bonds. The van der Waals surface area contributed by atoms with Gasteiger partial charge < -0.3 is 15.2 Å². The summed E-state index contributed by atoms with van der Waals surface area (Å²) in [5.41, 5.74) is 6.23. The molecule has 1 unspecified atom stereocenters. The quantitative estimate of drug-likeness (QED) is 0.813. The van der Waals surface area contributed by atoms with E-state index >= 15 is 0 Å². The Bertz CT molecular complexity index is 421. The van der Waals surface area contributed by atoms with E-state index in [9.17, 15) is 9.18 Å². The van der Waals surface area contributed by atoms with Gasteiger partial charge in [0.25, 0.3) is 0 Å². The summed E-state index contributed by atoms with van der Waals surface area (Å²) in [5.74, 6) is -0.781. The lowest BCUT2D eigenvalue weighted by Gasteiger charge is -2.13. The Balaban J connectivity index is 2.75. The standard InChI is InChI=1S/C13H18FNO3/c1-8(2)18-12-5-4-9(6-10(12)14)7-11(15)13(16)17-3/h4-6,8,11H,7,15H2,1-3H3. The fraction of sp³-hybridized carbons (Fsp3) is 0.462. The summed E-state index contributed by atoms with van der Waals surface area (Å²) >= 11 is 0. The molecule has 0 fully saturated rings. The smallest absolute Gasteiger partial charge is 0.322 e. The van der Waals surface area contributed by atoms with E-state index in [2.05, 4.69) is 4.74 Å². The number of halogens is 1. The molecule has 1 atom stereocenters. The number of ether oxygens (including phenoxy) is 2. The summed E-state index contributed by atoms with van der Waals surface area (Å²) in [6.07, 6.45) is 0.133. The zero-order valence-electron chi connectivity index (χ0n) is 10.8. The minimum Gasteiger partial charge on any atom is -0.488 e. The summed E-state index contributed by atoms with van der Waals surface area (Å²) in [5, 5.41) is 0. The monoisotopic (exact) mass is 255 g/mol. The highest BCUT2D eigenvalue weighted by Crippen LogP contribution is 2.20. The van der Waals surface area contributed by atoms with E-state index in [4.69, 9.17) is 10.5 Å². The molecule has 4 nitrogen and oxygen atoms in total. The second-order valence-electron chi connectivity index (χ2n) is 4.27. The third-order valence-electron chi connectivity index (χ3n) is 2.32. The predicted molar refractivity (Wildman–Crippen MR) is 65.9 cm³/mol. The zero-order valence-corrected chi connectivity index (χ0v) is 10.8. The van der Waals surface area contributed by atoms with Gasteiger partial charge in [0.05, 0.1) is 13.2 Å². The lowest BCUT2D eigenvalue weighted by molar-refractivity contribution is -0.142. The number of benzene rings is 1. The number of carbonyl (C=O) groups is 1. The van der Waals surface area contributed by atoms with Crippen molar-refractivity contribution in [2.45, 2.75) is 32.4 Å². The Morgan fingerprint density at radius 1 is 1.44 bits per heavy atom. The van der Waals surface area contributed by atoms with Crippen molar-refractivity contribution in [3.05, 3.63) is 29.6 Å². The van der Waals surface area contributed by atoms with Gasteiger partial charge in [0, 0.05) is 0 Å². The third kappa shape index (κ3) is 4.00. The molecule has 18 heavy (non-hydrogen) atoms. The van der Waals surface area contributed by atoms with Crippen molar-refractivity contribution in [1.82, 2.24) is 0 Å². The maximum absolute atomic E-state index is 13.7. The maximum Gasteiger partial charge on any atom is 0.322 e. The van der Waals surface area contributed by atoms with Crippen LogP contribution < -0.4 is 10.5 Å². The van der Waals surface area contributed by atoms with Crippen molar-refractivity contribution in [3.8, 4) is 5.75 Å². The Morgan fingerprint density at radius 3 is 2.61 bits per heavy atom. The van der Waals surface area contributed by atoms with Crippen molar-refractivity contribution in [2.24, 2.45) is 5.73 Å². The molecule has 0 saturated carbocycles. The van der Waals surface area contributed by atoms with Gasteiger partial charge in [-0.2, -0.15) is 0 Å². The van der Waals surface area contributed by atoms with E-state index in [-0.39, 0.29) is 18.3 Å². The summed E-state index contributed by atoms with van der Waals surface area (Å²) in [7, 11) is 1.27. The van der Waals surface area contributed by atoms with Gasteiger partial charge in [-0.05, 0) is 38.0 Å². The normalized spacial score (nSPS) is 12.3. The number of nitrogens with two attached hydrogens (primary N) is 1. The first-order valence-corrected chi connectivity index (χ1v) is 5.72. The van der Waals surface area contributed by atoms with E-state index in [1.165, 1.54) is 19.2 Å². The molecule has 1 rings (SSSR count). The topological polar surface area (TPSA) is 61.5 Å². The van der Waals surface area contributed by atoms with Gasteiger partial charge in [-0.15, -0.1) is 0 Å². The van der Waals surface area contributed by atoms with Crippen LogP contribution in [0.3, 0.4) is 0 Å². The molecule has 0 aliphatic heterocycles. The van der Waals surface area contributed by atoms with E-state index in [1.54, 1.807) is 6.07 Å². The number of carbonyl (C=O) groups excluding carboxylic acids is 1. The Hall–Kier alpha value is -1.62. The zero-order chi connectivity index (χ0) is 13.7. The van der Waals surface area contributed by atoms with Crippen LogP contribution in [0.25, 0.3) is 0 Å². The highest BCUT2D eigenvalue weighted by atomic mass is 19.1. The molecular formula is C13H18FNO3. The molecule has 100 valence electrons. The summed E-state index contributed by atoms with van der Waals surface area (Å²) in [4.78, 5) is 11.1. The first-order chi connectivity index (χ1) is 8.43. The molecule has 0 radical (unpaired) electrons. The van der Waals surface area contributed by atoms with Gasteiger partial charge in [0.1, 0.15) is 6.04 Å². The van der Waals surface area contributed by atoms with Crippen LogP contribution in [0.1, 0.15) is 19.4 Å². The van der Waals surface area contributed by atoms with Crippen molar-refractivity contribution < 1.29 is 18.7 Å². The molecule has 0 aliphatic carbocycles. The number of hydrogen-bond acceptors (Lipinski definition) is 4. The average Bonchev–Trinajstić information content (AvgIpc) is 2.31. The lowest BCUT2D eigenvalue weighted by Crippen LogP contribution is -2.33. The van der Waals surface area contributed by atoms with Gasteiger partial charge in [-0.25, -0.2) is 4.39 Å². The molecule has 1 aromatic rings. The predicted octanol–water partition coefficient (Wildman–Crippen LogP) is 1.66. The fourth-order valence-corrected chi connectivity index (χ4v) is 1.51. The van der Waals surface area contributed by atoms with E-state index in [1.807, 2.05) is 13.8 Å². The van der Waals surface area contributed by atoms with Crippen LogP contribution in [0.5, 0.6) is 5.75 Å². The number of rotatable bonds is 5. The molecule has 0 bridgehead atoms. The molecule has 1 aromatic carbocycles. The molecule has 0 heterocycles. The third-order valence-corrected chi connectivity index (χ3v) is 2.32. The van der Waals surface area contributed by atoms with Gasteiger partial charge in [-0.1, -0.05) is 6.07 Å². The van der Waals surface area contributed by atoms with Crippen LogP contribution in [-0.4, -0.2) is 25.2 Å². The fourth-order valence-electron chi connectivity index (χ4n) is 1.51. The lowest BCUT2D eigenvalue weighted by atomic mass is 10.1. The van der Waals surface area contributed by atoms with Gasteiger partial charge in [-0.3, -0.25) is 4.79 Å². The molecule has 0 aliphatic rings. The largest absolute Gasteiger partial charge is 0.488 e. The van der Waals surface area contributed by atoms with Crippen molar-refractivity contribution in [3.63, 3.8) is 0 Å². The van der Waals surface area contributed by atoms with Crippen LogP contribution >= 0.6 is 0 Å². The van der Waals surface area contributed by atoms with E-state index < -0.39 is 17.8 Å². The van der Waals surface area contributed by atoms with E-state index in [0.717, 1.165) is 0 Å². The minimum atomic E-state index is -0.786. The molecule has 0 saturated heterocycles. The van der Waals surface area contributed by atoms with Crippen LogP contribution in [0, 0.1) is 5.82 Å². The molecule has 0 spiro atoms. The van der Waals surface area contributed by atoms with Crippen molar-refractivity contribution in [1.29, 1.82) is 0 Å². The Morgan fingerprint density at radius 2 is 2.11 bits per heavy atom. The van der Waals surface area contributed by atoms with Crippen LogP contribution in [0.2, 0.25) is 0 Å². The van der Waals surface area contributed by atoms with Crippen LogP contribution in [0.15, 0.2) is 18.2 Å². The minimum absolute atomic E-state index is 0.0947. The summed E-state index contributed by atoms with van der Waals surface area (Å²) in [6, 6.07) is 3.75. The highest BCUT2D eigenvalue weighted by Gasteiger charge is 2.15. The maximum atomic E-state index is 13.7. The number of hydrogen-bond donors (Lipinski definition) is 1. The number of methoxy groups -OCH3 is 1. The first kappa shape index (κ1) is 14.4. The first-order valence-electron chi connectivity index (χ1n) is 5.72. The van der Waals surface area contributed by atoms with E-state index in [0.29, 0.717) is 5.56 Å². The average molecular weight is 255 g/mol. The SMILES string of the molecule is COC(=O)C(N)Cc1ccc(OC(C)C)c(F)c1. The van der Waals surface area contributed by atoms with Crippen molar-refractivity contribution in [2.75, 3.05) is 7.11 Å². The Kier molecular flexibility index (Phi) is 5.09. The van der Waals surface area contributed by atoms with Crippen LogP contribution in [-0.2, 0) is 16.0 Å². The Labute approximate surface area is 106 Å². The van der Waals surface area contributed by atoms with Crippen LogP contribution in [0.4, 0.5) is 4.39 Å². The summed E-state index contributed by atoms with van der Waals surface area (Å²) in [6.45, 7) is 3.64. The highest BCUT2D eigenvalue weighted by molar-refractivity contribution is 5.75. The molecular weight excluding hydrogens is 237 g/mol. The van der Waals surface area contributed by atoms with Gasteiger partial charge >= 0.3 is 5.97 Å². The number of esters is 1. The summed E-state index contributed by atoms with van der Waals surface area (Å²) < 4.78 is 23.4. The second kappa shape index (κ2) is 6.35.